The number of hydrogen-bond acceptors (Lipinski definition) is 9. The van der Waals surface area contributed by atoms with Crippen molar-refractivity contribution in [3.05, 3.63) is 35.9 Å². The number of aliphatic carboxylic acids is 1. The average molecular weight is 540 g/mol. The van der Waals surface area contributed by atoms with E-state index >= 15 is 0 Å². The molecule has 14 heteroatoms. The van der Waals surface area contributed by atoms with Gasteiger partial charge in [-0.15, -0.1) is 0 Å². The average Bonchev–Trinajstić information content (AvgIpc) is 2.88. The maximum Gasteiger partial charge on any atom is 0.328 e. The van der Waals surface area contributed by atoms with Crippen LogP contribution in [0.1, 0.15) is 25.8 Å². The third-order valence-corrected chi connectivity index (χ3v) is 5.40. The van der Waals surface area contributed by atoms with Gasteiger partial charge in [0.1, 0.15) is 30.2 Å². The molecule has 14 nitrogen and oxygen atoms in total. The monoisotopic (exact) mass is 539 g/mol. The van der Waals surface area contributed by atoms with E-state index in [0.29, 0.717) is 5.56 Å². The van der Waals surface area contributed by atoms with Crippen LogP contribution in [0.5, 0.6) is 0 Å². The largest absolute Gasteiger partial charge is 0.480 e. The fraction of sp³-hybridized carbons (Fsp3) is 0.542. The fourth-order valence-corrected chi connectivity index (χ4v) is 3.32. The van der Waals surface area contributed by atoms with Gasteiger partial charge in [0.25, 0.3) is 0 Å². The second-order valence-corrected chi connectivity index (χ2v) is 9.06. The van der Waals surface area contributed by atoms with Crippen LogP contribution >= 0.6 is 0 Å². The van der Waals surface area contributed by atoms with E-state index in [1.165, 1.54) is 0 Å². The molecule has 0 heterocycles. The van der Waals surface area contributed by atoms with Gasteiger partial charge < -0.3 is 47.4 Å². The van der Waals surface area contributed by atoms with Crippen LogP contribution in [0.3, 0.4) is 0 Å². The minimum Gasteiger partial charge on any atom is -0.480 e. The number of aliphatic hydroxyl groups is 3. The van der Waals surface area contributed by atoms with E-state index in [9.17, 15) is 29.1 Å². The van der Waals surface area contributed by atoms with Crippen LogP contribution in [-0.4, -0.2) is 100 Å². The Morgan fingerprint density at radius 3 is 1.68 bits per heavy atom. The van der Waals surface area contributed by atoms with Crippen LogP contribution in [0.25, 0.3) is 0 Å². The summed E-state index contributed by atoms with van der Waals surface area (Å²) in [6, 6.07) is 1.75. The predicted octanol–water partition coefficient (Wildman–Crippen LogP) is -3.40. The lowest BCUT2D eigenvalue weighted by molar-refractivity contribution is -0.143. The van der Waals surface area contributed by atoms with Crippen LogP contribution in [0.2, 0.25) is 0 Å². The predicted molar refractivity (Wildman–Crippen MR) is 134 cm³/mol. The van der Waals surface area contributed by atoms with Gasteiger partial charge in [-0.2, -0.15) is 0 Å². The molecule has 1 aromatic carbocycles. The lowest BCUT2D eigenvalue weighted by atomic mass is 10.0. The number of benzene rings is 1. The van der Waals surface area contributed by atoms with Crippen molar-refractivity contribution in [2.75, 3.05) is 19.8 Å². The minimum absolute atomic E-state index is 0.0227. The third kappa shape index (κ3) is 10.8. The Kier molecular flexibility index (Phi) is 13.9. The van der Waals surface area contributed by atoms with Crippen molar-refractivity contribution in [3.63, 3.8) is 0 Å². The zero-order valence-electron chi connectivity index (χ0n) is 21.3. The maximum absolute atomic E-state index is 13.1. The van der Waals surface area contributed by atoms with E-state index in [1.807, 2.05) is 19.2 Å². The van der Waals surface area contributed by atoms with Crippen molar-refractivity contribution in [1.29, 1.82) is 0 Å². The lowest BCUT2D eigenvalue weighted by Gasteiger charge is -2.26. The molecule has 38 heavy (non-hydrogen) atoms. The standard InChI is InChI=1S/C24H37N5O9/c1-13(2)8-16(26-20(33)15(25)10-30)21(34)27-17(9-14-6-4-3-5-7-14)22(35)28-18(11-31)23(36)29-19(12-32)24(37)38/h3-7,13,15-19,30-32H,8-12,25H2,1-2H3,(H,26,33)(H,27,34)(H,28,35)(H,29,36)(H,37,38)/t15-,16-,17-,18-,19-/m0/s1. The summed E-state index contributed by atoms with van der Waals surface area (Å²) >= 11 is 0. The molecule has 4 amide bonds. The first-order chi connectivity index (χ1) is 17.9. The summed E-state index contributed by atoms with van der Waals surface area (Å²) in [7, 11) is 0. The van der Waals surface area contributed by atoms with E-state index in [0.717, 1.165) is 0 Å². The molecular formula is C24H37N5O9. The van der Waals surface area contributed by atoms with Gasteiger partial charge in [-0.1, -0.05) is 44.2 Å². The smallest absolute Gasteiger partial charge is 0.328 e. The highest BCUT2D eigenvalue weighted by atomic mass is 16.4. The molecule has 5 atom stereocenters. The highest BCUT2D eigenvalue weighted by Gasteiger charge is 2.31. The number of carboxylic acid groups (broad SMARTS) is 1. The quantitative estimate of drug-likeness (QED) is 0.101. The van der Waals surface area contributed by atoms with Gasteiger partial charge in [0.2, 0.25) is 23.6 Å². The molecule has 1 rings (SSSR count). The second-order valence-electron chi connectivity index (χ2n) is 9.06. The summed E-state index contributed by atoms with van der Waals surface area (Å²) in [6.07, 6.45) is 0.167. The van der Waals surface area contributed by atoms with Gasteiger partial charge in [0.05, 0.1) is 19.8 Å². The van der Waals surface area contributed by atoms with E-state index in [1.54, 1.807) is 30.3 Å². The molecule has 10 N–H and O–H groups in total. The lowest BCUT2D eigenvalue weighted by Crippen LogP contribution is -2.60. The Morgan fingerprint density at radius 2 is 1.18 bits per heavy atom. The van der Waals surface area contributed by atoms with Crippen molar-refractivity contribution >= 4 is 29.6 Å². The van der Waals surface area contributed by atoms with Crippen LogP contribution in [0.15, 0.2) is 30.3 Å². The number of nitrogens with one attached hydrogen (secondary N) is 4. The molecule has 212 valence electrons. The molecule has 1 aromatic rings. The number of aliphatic hydroxyl groups excluding tert-OH is 3. The molecule has 0 aliphatic rings. The van der Waals surface area contributed by atoms with Crippen molar-refractivity contribution in [2.24, 2.45) is 11.7 Å². The summed E-state index contributed by atoms with van der Waals surface area (Å²) in [5.74, 6) is -4.97. The zero-order valence-corrected chi connectivity index (χ0v) is 21.3. The Morgan fingerprint density at radius 1 is 0.711 bits per heavy atom. The van der Waals surface area contributed by atoms with Gasteiger partial charge in [-0.25, -0.2) is 4.79 Å². The minimum atomic E-state index is -1.65. The van der Waals surface area contributed by atoms with Crippen LogP contribution in [-0.2, 0) is 30.4 Å². The first kappa shape index (κ1) is 32.4. The van der Waals surface area contributed by atoms with Crippen LogP contribution in [0, 0.1) is 5.92 Å². The van der Waals surface area contributed by atoms with Gasteiger partial charge in [0.15, 0.2) is 0 Å². The van der Waals surface area contributed by atoms with Crippen LogP contribution in [0.4, 0.5) is 0 Å². The highest BCUT2D eigenvalue weighted by Crippen LogP contribution is 2.08. The molecule has 0 radical (unpaired) electrons. The van der Waals surface area contributed by atoms with Gasteiger partial charge in [0, 0.05) is 6.42 Å². The summed E-state index contributed by atoms with van der Waals surface area (Å²) < 4.78 is 0. The molecule has 0 spiro atoms. The molecule has 0 bridgehead atoms. The van der Waals surface area contributed by atoms with E-state index in [2.05, 4.69) is 16.0 Å². The van der Waals surface area contributed by atoms with Crippen molar-refractivity contribution in [1.82, 2.24) is 21.3 Å². The number of hydrogen-bond donors (Lipinski definition) is 9. The topological polar surface area (TPSA) is 240 Å². The molecule has 0 aromatic heterocycles. The number of carbonyl (C=O) groups is 5. The third-order valence-electron chi connectivity index (χ3n) is 5.40. The number of carbonyl (C=O) groups excluding carboxylic acids is 4. The first-order valence-electron chi connectivity index (χ1n) is 12.0. The second kappa shape index (κ2) is 16.3. The van der Waals surface area contributed by atoms with Gasteiger partial charge in [-0.3, -0.25) is 19.2 Å². The number of nitrogens with two attached hydrogens (primary N) is 1. The molecule has 0 aliphatic carbocycles. The van der Waals surface area contributed by atoms with Crippen molar-refractivity contribution in [2.45, 2.75) is 56.9 Å². The normalized spacial score (nSPS) is 14.9. The molecular weight excluding hydrogens is 502 g/mol. The Labute approximate surface area is 220 Å². The molecule has 0 aliphatic heterocycles. The Bertz CT molecular complexity index is 944. The molecule has 0 fully saturated rings. The fourth-order valence-electron chi connectivity index (χ4n) is 3.32. The van der Waals surface area contributed by atoms with E-state index < -0.39 is 79.6 Å². The summed E-state index contributed by atoms with van der Waals surface area (Å²) in [5, 5.41) is 46.2. The van der Waals surface area contributed by atoms with Gasteiger partial charge >= 0.3 is 5.97 Å². The molecule has 0 saturated carbocycles. The molecule has 0 unspecified atom stereocenters. The van der Waals surface area contributed by atoms with Crippen molar-refractivity contribution < 1.29 is 44.4 Å². The highest BCUT2D eigenvalue weighted by molar-refractivity contribution is 5.95. The summed E-state index contributed by atoms with van der Waals surface area (Å²) in [4.78, 5) is 62.0. The zero-order chi connectivity index (χ0) is 28.8. The van der Waals surface area contributed by atoms with Gasteiger partial charge in [-0.05, 0) is 17.9 Å². The van der Waals surface area contributed by atoms with E-state index in [-0.39, 0.29) is 18.8 Å². The first-order valence-corrected chi connectivity index (χ1v) is 12.0. The van der Waals surface area contributed by atoms with E-state index in [4.69, 9.17) is 21.1 Å². The van der Waals surface area contributed by atoms with Crippen LogP contribution < -0.4 is 27.0 Å². The Hall–Kier alpha value is -3.59. The number of rotatable bonds is 16. The number of amides is 4. The van der Waals surface area contributed by atoms with Crippen molar-refractivity contribution in [3.8, 4) is 0 Å². The Balaban J connectivity index is 3.13. The summed E-state index contributed by atoms with van der Waals surface area (Å²) in [5.41, 5.74) is 6.19. The SMILES string of the molecule is CC(C)C[C@H](NC(=O)[C@@H](N)CO)C(=O)N[C@@H](Cc1ccccc1)C(=O)N[C@@H](CO)C(=O)N[C@@H](CO)C(=O)O. The molecule has 0 saturated heterocycles. The number of carboxylic acids is 1. The summed E-state index contributed by atoms with van der Waals surface area (Å²) in [6.45, 7) is 1.18. The maximum atomic E-state index is 13.1.